The highest BCUT2D eigenvalue weighted by atomic mass is 16.7. The largest absolute Gasteiger partial charge is 0.462 e. The van der Waals surface area contributed by atoms with Crippen molar-refractivity contribution in [2.24, 2.45) is 0 Å². The molecule has 146 valence electrons. The molecule has 1 aromatic carbocycles. The number of ether oxygens (including phenoxy) is 5. The van der Waals surface area contributed by atoms with Crippen LogP contribution in [0.2, 0.25) is 0 Å². The third-order valence-corrected chi connectivity index (χ3v) is 3.63. The quantitative estimate of drug-likeness (QED) is 0.547. The van der Waals surface area contributed by atoms with Gasteiger partial charge in [-0.2, -0.15) is 0 Å². The van der Waals surface area contributed by atoms with Crippen LogP contribution in [0.4, 0.5) is 0 Å². The van der Waals surface area contributed by atoms with Gasteiger partial charge in [-0.15, -0.1) is 0 Å². The molecule has 8 nitrogen and oxygen atoms in total. The van der Waals surface area contributed by atoms with Crippen LogP contribution in [0.1, 0.15) is 26.3 Å². The second-order valence-corrected chi connectivity index (χ2v) is 5.93. The molecule has 4 atom stereocenters. The minimum atomic E-state index is -1.16. The monoisotopic (exact) mass is 378 g/mol. The first-order chi connectivity index (χ1) is 12.8. The van der Waals surface area contributed by atoms with Crippen molar-refractivity contribution in [1.82, 2.24) is 0 Å². The fraction of sp³-hybridized carbons (Fsp3) is 0.421. The molecule has 1 aliphatic rings. The summed E-state index contributed by atoms with van der Waals surface area (Å²) in [7, 11) is 0. The predicted molar refractivity (Wildman–Crippen MR) is 91.9 cm³/mol. The van der Waals surface area contributed by atoms with Crippen LogP contribution < -0.4 is 0 Å². The fourth-order valence-corrected chi connectivity index (χ4v) is 2.62. The van der Waals surface area contributed by atoms with Crippen molar-refractivity contribution in [3.05, 3.63) is 48.2 Å². The van der Waals surface area contributed by atoms with Gasteiger partial charge in [0.2, 0.25) is 12.4 Å². The lowest BCUT2D eigenvalue weighted by Gasteiger charge is -2.41. The van der Waals surface area contributed by atoms with E-state index >= 15 is 0 Å². The summed E-state index contributed by atoms with van der Waals surface area (Å²) < 4.78 is 27.0. The van der Waals surface area contributed by atoms with Gasteiger partial charge >= 0.3 is 17.9 Å². The van der Waals surface area contributed by atoms with Crippen molar-refractivity contribution in [3.63, 3.8) is 0 Å². The van der Waals surface area contributed by atoms with E-state index in [1.54, 1.807) is 0 Å². The van der Waals surface area contributed by atoms with Gasteiger partial charge in [0.15, 0.2) is 12.2 Å². The van der Waals surface area contributed by atoms with Gasteiger partial charge in [0.05, 0.1) is 6.61 Å². The minimum absolute atomic E-state index is 0.0258. The molecule has 2 rings (SSSR count). The zero-order chi connectivity index (χ0) is 20.0. The molecule has 27 heavy (non-hydrogen) atoms. The van der Waals surface area contributed by atoms with Crippen molar-refractivity contribution in [1.29, 1.82) is 0 Å². The van der Waals surface area contributed by atoms with E-state index < -0.39 is 42.5 Å². The molecule has 4 unspecified atom stereocenters. The average Bonchev–Trinajstić information content (AvgIpc) is 2.59. The number of hydrogen-bond acceptors (Lipinski definition) is 8. The van der Waals surface area contributed by atoms with Gasteiger partial charge in [0.25, 0.3) is 0 Å². The van der Waals surface area contributed by atoms with Crippen LogP contribution in [0.15, 0.2) is 42.7 Å². The molecule has 1 fully saturated rings. The maximum Gasteiger partial charge on any atom is 0.303 e. The Bertz CT molecular complexity index is 699. The number of hydrogen-bond donors (Lipinski definition) is 0. The molecule has 0 radical (unpaired) electrons. The average molecular weight is 378 g/mol. The normalized spacial score (nSPS) is 24.5. The highest BCUT2D eigenvalue weighted by Gasteiger charge is 2.50. The van der Waals surface area contributed by atoms with E-state index in [9.17, 15) is 14.4 Å². The van der Waals surface area contributed by atoms with Crippen molar-refractivity contribution in [2.75, 3.05) is 0 Å². The van der Waals surface area contributed by atoms with Crippen LogP contribution in [-0.2, 0) is 44.7 Å². The molecule has 0 aliphatic carbocycles. The van der Waals surface area contributed by atoms with Gasteiger partial charge in [0.1, 0.15) is 5.76 Å². The summed E-state index contributed by atoms with van der Waals surface area (Å²) in [4.78, 5) is 34.5. The Hall–Kier alpha value is -2.87. The van der Waals surface area contributed by atoms with Crippen molar-refractivity contribution < 1.29 is 38.1 Å². The molecule has 1 aliphatic heterocycles. The maximum absolute atomic E-state index is 11.6. The second-order valence-electron chi connectivity index (χ2n) is 5.93. The van der Waals surface area contributed by atoms with E-state index in [0.29, 0.717) is 0 Å². The van der Waals surface area contributed by atoms with Gasteiger partial charge in [0, 0.05) is 20.8 Å². The Morgan fingerprint density at radius 1 is 0.926 bits per heavy atom. The Kier molecular flexibility index (Phi) is 6.95. The summed E-state index contributed by atoms with van der Waals surface area (Å²) in [6.45, 7) is 7.45. The number of rotatable bonds is 6. The molecule has 1 saturated heterocycles. The second kappa shape index (κ2) is 9.18. The molecule has 0 saturated carbocycles. The predicted octanol–water partition coefficient (Wildman–Crippen LogP) is 1.87. The lowest BCUT2D eigenvalue weighted by atomic mass is 10.0. The topological polar surface area (TPSA) is 97.4 Å². The summed E-state index contributed by atoms with van der Waals surface area (Å²) in [5.74, 6) is -1.89. The van der Waals surface area contributed by atoms with E-state index in [2.05, 4.69) is 6.58 Å². The minimum Gasteiger partial charge on any atom is -0.462 e. The molecule has 0 N–H and O–H groups in total. The molecule has 1 aromatic rings. The number of benzene rings is 1. The van der Waals surface area contributed by atoms with Gasteiger partial charge in [-0.25, -0.2) is 0 Å². The van der Waals surface area contributed by atoms with Crippen molar-refractivity contribution in [3.8, 4) is 0 Å². The van der Waals surface area contributed by atoms with Crippen LogP contribution in [0.25, 0.3) is 0 Å². The molecule has 0 spiro atoms. The van der Waals surface area contributed by atoms with Crippen LogP contribution in [-0.4, -0.2) is 42.5 Å². The first kappa shape index (κ1) is 20.4. The summed E-state index contributed by atoms with van der Waals surface area (Å²) in [5, 5.41) is 0. The van der Waals surface area contributed by atoms with E-state index in [1.807, 2.05) is 30.3 Å². The zero-order valence-electron chi connectivity index (χ0n) is 15.4. The van der Waals surface area contributed by atoms with E-state index in [4.69, 9.17) is 23.7 Å². The molecule has 0 bridgehead atoms. The molecular weight excluding hydrogens is 356 g/mol. The maximum atomic E-state index is 11.6. The smallest absolute Gasteiger partial charge is 0.303 e. The molecule has 0 aromatic heterocycles. The highest BCUT2D eigenvalue weighted by molar-refractivity contribution is 5.68. The first-order valence-corrected chi connectivity index (χ1v) is 8.30. The van der Waals surface area contributed by atoms with Crippen LogP contribution >= 0.6 is 0 Å². The van der Waals surface area contributed by atoms with E-state index in [1.165, 1.54) is 20.8 Å². The van der Waals surface area contributed by atoms with Gasteiger partial charge < -0.3 is 23.7 Å². The van der Waals surface area contributed by atoms with Crippen molar-refractivity contribution in [2.45, 2.75) is 52.0 Å². The standard InChI is InChI=1S/C19H22O8/c1-11-16(25-12(2)20)17(26-13(3)21)18(27-14(4)22)19(24-11)23-10-15-8-6-5-7-9-15/h5-9,16-19H,1,10H2,2-4H3. The number of carbonyl (C=O) groups is 3. The summed E-state index contributed by atoms with van der Waals surface area (Å²) >= 11 is 0. The Morgan fingerprint density at radius 3 is 2.04 bits per heavy atom. The summed E-state index contributed by atoms with van der Waals surface area (Å²) in [6.07, 6.45) is -4.53. The lowest BCUT2D eigenvalue weighted by Crippen LogP contribution is -2.56. The highest BCUT2D eigenvalue weighted by Crippen LogP contribution is 2.31. The van der Waals surface area contributed by atoms with Gasteiger partial charge in [-0.3, -0.25) is 14.4 Å². The number of carbonyl (C=O) groups excluding carboxylic acids is 3. The van der Waals surface area contributed by atoms with Gasteiger partial charge in [-0.05, 0) is 5.56 Å². The Balaban J connectivity index is 2.25. The molecule has 1 heterocycles. The SMILES string of the molecule is C=C1OC(OCc2ccccc2)C(OC(C)=O)C(OC(C)=O)C1OC(C)=O. The Labute approximate surface area is 157 Å². The third-order valence-electron chi connectivity index (χ3n) is 3.63. The molecule has 8 heteroatoms. The molecule has 0 amide bonds. The van der Waals surface area contributed by atoms with E-state index in [0.717, 1.165) is 5.56 Å². The molecular formula is C19H22O8. The summed E-state index contributed by atoms with van der Waals surface area (Å²) in [6, 6.07) is 9.26. The van der Waals surface area contributed by atoms with Crippen LogP contribution in [0.5, 0.6) is 0 Å². The zero-order valence-corrected chi connectivity index (χ0v) is 15.4. The lowest BCUT2D eigenvalue weighted by molar-refractivity contribution is -0.262. The Morgan fingerprint density at radius 2 is 1.48 bits per heavy atom. The van der Waals surface area contributed by atoms with Crippen LogP contribution in [0.3, 0.4) is 0 Å². The summed E-state index contributed by atoms with van der Waals surface area (Å²) in [5.41, 5.74) is 0.861. The van der Waals surface area contributed by atoms with Crippen molar-refractivity contribution >= 4 is 17.9 Å². The number of esters is 3. The van der Waals surface area contributed by atoms with E-state index in [-0.39, 0.29) is 12.4 Å². The third kappa shape index (κ3) is 5.82. The first-order valence-electron chi connectivity index (χ1n) is 8.30. The van der Waals surface area contributed by atoms with Crippen LogP contribution in [0, 0.1) is 0 Å². The fourth-order valence-electron chi connectivity index (χ4n) is 2.62. The van der Waals surface area contributed by atoms with Gasteiger partial charge in [-0.1, -0.05) is 36.9 Å².